The predicted octanol–water partition coefficient (Wildman–Crippen LogP) is 2.90. The number of nitrogens with one attached hydrogen (secondary N) is 2. The highest BCUT2D eigenvalue weighted by Crippen LogP contribution is 2.02. The van der Waals surface area contributed by atoms with Crippen molar-refractivity contribution in [2.75, 3.05) is 6.54 Å². The van der Waals surface area contributed by atoms with Crippen molar-refractivity contribution < 1.29 is 14.7 Å². The Morgan fingerprint density at radius 2 is 1.84 bits per heavy atom. The molecule has 0 radical (unpaired) electrons. The number of carbonyl (C=O) groups excluding carboxylic acids is 1. The van der Waals surface area contributed by atoms with E-state index in [1.165, 1.54) is 12.8 Å². The van der Waals surface area contributed by atoms with Crippen molar-refractivity contribution in [3.8, 4) is 0 Å². The van der Waals surface area contributed by atoms with Crippen LogP contribution in [0.4, 0.5) is 4.79 Å². The van der Waals surface area contributed by atoms with Crippen LogP contribution in [0.15, 0.2) is 0 Å². The maximum Gasteiger partial charge on any atom is 0.314 e. The van der Waals surface area contributed by atoms with E-state index in [9.17, 15) is 9.59 Å². The Bertz CT molecular complexity index is 257. The fourth-order valence-electron chi connectivity index (χ4n) is 1.83. The Kier molecular flexibility index (Phi) is 11.0. The van der Waals surface area contributed by atoms with Crippen LogP contribution >= 0.6 is 0 Å². The van der Waals surface area contributed by atoms with Gasteiger partial charge in [0, 0.05) is 19.0 Å². The average Bonchev–Trinajstić information content (AvgIpc) is 2.33. The van der Waals surface area contributed by atoms with Gasteiger partial charge >= 0.3 is 12.0 Å². The molecule has 0 bridgehead atoms. The summed E-state index contributed by atoms with van der Waals surface area (Å²) in [5, 5.41) is 14.2. The number of urea groups is 1. The molecule has 0 aliphatic carbocycles. The lowest BCUT2D eigenvalue weighted by Crippen LogP contribution is -2.41. The molecule has 5 heteroatoms. The van der Waals surface area contributed by atoms with E-state index in [2.05, 4.69) is 17.6 Å². The molecule has 0 aromatic heterocycles. The van der Waals surface area contributed by atoms with Gasteiger partial charge in [-0.3, -0.25) is 4.79 Å². The third-order valence-corrected chi connectivity index (χ3v) is 2.97. The molecule has 0 aromatic rings. The number of carboxylic acids is 1. The van der Waals surface area contributed by atoms with Crippen LogP contribution in [0.5, 0.6) is 0 Å². The number of carbonyl (C=O) groups is 2. The largest absolute Gasteiger partial charge is 0.481 e. The zero-order chi connectivity index (χ0) is 14.5. The van der Waals surface area contributed by atoms with Gasteiger partial charge in [0.2, 0.25) is 0 Å². The standard InChI is InChI=1S/C14H28N2O3/c1-3-4-6-9-12(2)16-14(19)15-11-8-5-7-10-13(17)18/h12H,3-11H2,1-2H3,(H,17,18)(H2,15,16,19). The molecule has 112 valence electrons. The highest BCUT2D eigenvalue weighted by molar-refractivity contribution is 5.74. The molecule has 3 N–H and O–H groups in total. The highest BCUT2D eigenvalue weighted by atomic mass is 16.4. The molecule has 2 amide bonds. The number of carboxylic acid groups (broad SMARTS) is 1. The number of unbranched alkanes of at least 4 members (excludes halogenated alkanes) is 4. The molecule has 1 unspecified atom stereocenters. The van der Waals surface area contributed by atoms with Gasteiger partial charge in [0.05, 0.1) is 0 Å². The highest BCUT2D eigenvalue weighted by Gasteiger charge is 2.05. The summed E-state index contributed by atoms with van der Waals surface area (Å²) in [5.41, 5.74) is 0. The van der Waals surface area contributed by atoms with Crippen LogP contribution in [0.3, 0.4) is 0 Å². The zero-order valence-electron chi connectivity index (χ0n) is 12.2. The lowest BCUT2D eigenvalue weighted by molar-refractivity contribution is -0.137. The number of rotatable bonds is 11. The van der Waals surface area contributed by atoms with Crippen molar-refractivity contribution in [2.24, 2.45) is 0 Å². The van der Waals surface area contributed by atoms with Crippen LogP contribution in [0.1, 0.15) is 65.2 Å². The molecule has 0 spiro atoms. The van der Waals surface area contributed by atoms with Gasteiger partial charge in [-0.2, -0.15) is 0 Å². The first-order valence-electron chi connectivity index (χ1n) is 7.32. The van der Waals surface area contributed by atoms with Crippen LogP contribution in [-0.2, 0) is 4.79 Å². The minimum Gasteiger partial charge on any atom is -0.481 e. The van der Waals surface area contributed by atoms with Gasteiger partial charge in [0.1, 0.15) is 0 Å². The van der Waals surface area contributed by atoms with Crippen LogP contribution in [0.25, 0.3) is 0 Å². The minimum atomic E-state index is -0.758. The first kappa shape index (κ1) is 17.7. The van der Waals surface area contributed by atoms with Crippen molar-refractivity contribution in [2.45, 2.75) is 71.3 Å². The molecule has 0 saturated carbocycles. The maximum absolute atomic E-state index is 11.5. The summed E-state index contributed by atoms with van der Waals surface area (Å²) in [6, 6.07) is 0.0841. The predicted molar refractivity (Wildman–Crippen MR) is 76.2 cm³/mol. The maximum atomic E-state index is 11.5. The smallest absolute Gasteiger partial charge is 0.314 e. The molecular weight excluding hydrogens is 244 g/mol. The van der Waals surface area contributed by atoms with Gasteiger partial charge in [-0.25, -0.2) is 4.79 Å². The van der Waals surface area contributed by atoms with E-state index in [1.54, 1.807) is 0 Å². The first-order chi connectivity index (χ1) is 9.06. The quantitative estimate of drug-likeness (QED) is 0.506. The lowest BCUT2D eigenvalue weighted by Gasteiger charge is -2.14. The Labute approximate surface area is 116 Å². The molecule has 19 heavy (non-hydrogen) atoms. The monoisotopic (exact) mass is 272 g/mol. The molecule has 0 aliphatic rings. The minimum absolute atomic E-state index is 0.123. The summed E-state index contributed by atoms with van der Waals surface area (Å²) in [4.78, 5) is 21.8. The summed E-state index contributed by atoms with van der Waals surface area (Å²) in [5.74, 6) is -0.758. The number of amides is 2. The molecule has 5 nitrogen and oxygen atoms in total. The fourth-order valence-corrected chi connectivity index (χ4v) is 1.83. The molecule has 1 atom stereocenters. The van der Waals surface area contributed by atoms with Crippen LogP contribution in [-0.4, -0.2) is 29.7 Å². The fraction of sp³-hybridized carbons (Fsp3) is 0.857. The van der Waals surface area contributed by atoms with Gasteiger partial charge in [0.15, 0.2) is 0 Å². The van der Waals surface area contributed by atoms with Crippen LogP contribution < -0.4 is 10.6 Å². The second-order valence-corrected chi connectivity index (χ2v) is 5.00. The Morgan fingerprint density at radius 1 is 1.11 bits per heavy atom. The van der Waals surface area contributed by atoms with E-state index in [0.717, 1.165) is 25.7 Å². The summed E-state index contributed by atoms with van der Waals surface area (Å²) in [7, 11) is 0. The third kappa shape index (κ3) is 13.0. The van der Waals surface area contributed by atoms with Crippen LogP contribution in [0, 0.1) is 0 Å². The van der Waals surface area contributed by atoms with Gasteiger partial charge in [-0.05, 0) is 26.2 Å². The second-order valence-electron chi connectivity index (χ2n) is 5.00. The SMILES string of the molecule is CCCCCC(C)NC(=O)NCCCCCC(=O)O. The molecule has 0 aromatic carbocycles. The lowest BCUT2D eigenvalue weighted by atomic mass is 10.1. The molecule has 0 rings (SSSR count). The first-order valence-corrected chi connectivity index (χ1v) is 7.32. The van der Waals surface area contributed by atoms with Gasteiger partial charge in [-0.15, -0.1) is 0 Å². The average molecular weight is 272 g/mol. The molecule has 0 heterocycles. The summed E-state index contributed by atoms with van der Waals surface area (Å²) >= 11 is 0. The van der Waals surface area contributed by atoms with E-state index in [-0.39, 0.29) is 18.5 Å². The summed E-state index contributed by atoms with van der Waals surface area (Å²) in [6.07, 6.45) is 7.09. The number of hydrogen-bond acceptors (Lipinski definition) is 2. The number of aliphatic carboxylic acids is 1. The third-order valence-electron chi connectivity index (χ3n) is 2.97. The summed E-state index contributed by atoms with van der Waals surface area (Å²) < 4.78 is 0. The van der Waals surface area contributed by atoms with E-state index < -0.39 is 5.97 Å². The van der Waals surface area contributed by atoms with Crippen LogP contribution in [0.2, 0.25) is 0 Å². The Hall–Kier alpha value is -1.26. The zero-order valence-corrected chi connectivity index (χ0v) is 12.2. The number of hydrogen-bond donors (Lipinski definition) is 3. The van der Waals surface area contributed by atoms with Crippen molar-refractivity contribution in [3.63, 3.8) is 0 Å². The van der Waals surface area contributed by atoms with Gasteiger partial charge in [0.25, 0.3) is 0 Å². The van der Waals surface area contributed by atoms with Crippen molar-refractivity contribution in [1.82, 2.24) is 10.6 Å². The summed E-state index contributed by atoms with van der Waals surface area (Å²) in [6.45, 7) is 4.78. The van der Waals surface area contributed by atoms with E-state index >= 15 is 0 Å². The van der Waals surface area contributed by atoms with Crippen molar-refractivity contribution in [1.29, 1.82) is 0 Å². The van der Waals surface area contributed by atoms with Crippen molar-refractivity contribution in [3.05, 3.63) is 0 Å². The molecule has 0 aliphatic heterocycles. The normalized spacial score (nSPS) is 11.9. The molecule has 0 saturated heterocycles. The van der Waals surface area contributed by atoms with E-state index in [0.29, 0.717) is 13.0 Å². The van der Waals surface area contributed by atoms with Gasteiger partial charge < -0.3 is 15.7 Å². The topological polar surface area (TPSA) is 78.4 Å². The molecule has 0 fully saturated rings. The molecular formula is C14H28N2O3. The Balaban J connectivity index is 3.40. The second kappa shape index (κ2) is 11.8. The van der Waals surface area contributed by atoms with E-state index in [4.69, 9.17) is 5.11 Å². The van der Waals surface area contributed by atoms with Crippen molar-refractivity contribution >= 4 is 12.0 Å². The Morgan fingerprint density at radius 3 is 2.47 bits per heavy atom. The van der Waals surface area contributed by atoms with Gasteiger partial charge in [-0.1, -0.05) is 32.6 Å². The van der Waals surface area contributed by atoms with E-state index in [1.807, 2.05) is 6.92 Å².